The number of nitrogens with one attached hydrogen (secondary N) is 2. The molecule has 0 saturated carbocycles. The van der Waals surface area contributed by atoms with Gasteiger partial charge in [0.1, 0.15) is 21.7 Å². The third-order valence-corrected chi connectivity index (χ3v) is 4.47. The van der Waals surface area contributed by atoms with E-state index in [0.717, 1.165) is 12.1 Å². The highest BCUT2D eigenvalue weighted by Crippen LogP contribution is 2.26. The number of ether oxygens (including phenoxy) is 1. The van der Waals surface area contributed by atoms with Gasteiger partial charge in [-0.1, -0.05) is 6.07 Å². The molecule has 10 heteroatoms. The lowest BCUT2D eigenvalue weighted by molar-refractivity contribution is 0.0987. The molecular formula is C20H15BrFN3O5. The number of rotatable bonds is 6. The molecule has 1 aromatic carbocycles. The number of hydrogen-bond donors (Lipinski definition) is 2. The Bertz CT molecular complexity index is 1150. The number of halogens is 2. The summed E-state index contributed by atoms with van der Waals surface area (Å²) >= 11 is 3.04. The minimum Gasteiger partial charge on any atom is -0.492 e. The van der Waals surface area contributed by atoms with Crippen LogP contribution in [-0.2, 0) is 0 Å². The summed E-state index contributed by atoms with van der Waals surface area (Å²) in [6.45, 7) is 1.97. The Hall–Kier alpha value is -3.53. The monoisotopic (exact) mass is 475 g/mol. The number of nitrogens with zero attached hydrogens (tertiary/aromatic N) is 1. The summed E-state index contributed by atoms with van der Waals surface area (Å²) in [7, 11) is 0. The van der Waals surface area contributed by atoms with Crippen molar-refractivity contribution in [2.24, 2.45) is 0 Å². The van der Waals surface area contributed by atoms with E-state index in [1.807, 2.05) is 0 Å². The maximum Gasteiger partial charge on any atom is 0.354 e. The second-order valence-corrected chi connectivity index (χ2v) is 6.62. The molecular weight excluding hydrogens is 461 g/mol. The van der Waals surface area contributed by atoms with Crippen LogP contribution in [-0.4, -0.2) is 23.4 Å². The first kappa shape index (κ1) is 21.2. The minimum atomic E-state index is -0.834. The number of hydrogen-bond acceptors (Lipinski definition) is 6. The lowest BCUT2D eigenvalue weighted by atomic mass is 10.2. The quantitative estimate of drug-likeness (QED) is 0.560. The predicted octanol–water partition coefficient (Wildman–Crippen LogP) is 3.84. The zero-order chi connectivity index (χ0) is 21.7. The molecule has 0 aliphatic rings. The van der Waals surface area contributed by atoms with E-state index in [4.69, 9.17) is 9.15 Å². The molecule has 0 aliphatic carbocycles. The van der Waals surface area contributed by atoms with Crippen LogP contribution in [0.3, 0.4) is 0 Å². The second kappa shape index (κ2) is 9.31. The van der Waals surface area contributed by atoms with E-state index in [1.165, 1.54) is 24.4 Å². The van der Waals surface area contributed by atoms with Gasteiger partial charge in [-0.3, -0.25) is 14.6 Å². The summed E-state index contributed by atoms with van der Waals surface area (Å²) in [6.07, 6.45) is 1.45. The van der Waals surface area contributed by atoms with Crippen LogP contribution in [0.25, 0.3) is 0 Å². The Morgan fingerprint density at radius 2 is 1.90 bits per heavy atom. The van der Waals surface area contributed by atoms with Crippen molar-refractivity contribution in [3.05, 3.63) is 80.8 Å². The number of benzene rings is 1. The van der Waals surface area contributed by atoms with Crippen LogP contribution in [0.4, 0.5) is 15.8 Å². The standard InChI is InChI=1S/C20H15BrFN3O5/c1-2-29-15-10-16(30-20(28)17(15)21)19(27)25-14-9-11(22)6-7-12(14)24-18(26)13-5-3-4-8-23-13/h3-10H,2H2,1H3,(H,24,26)(H,25,27). The molecule has 2 heterocycles. The maximum atomic E-state index is 13.8. The summed E-state index contributed by atoms with van der Waals surface area (Å²) < 4.78 is 24.1. The highest BCUT2D eigenvalue weighted by Gasteiger charge is 2.18. The van der Waals surface area contributed by atoms with Crippen molar-refractivity contribution < 1.29 is 23.1 Å². The van der Waals surface area contributed by atoms with Gasteiger partial charge in [0, 0.05) is 12.3 Å². The van der Waals surface area contributed by atoms with E-state index in [2.05, 4.69) is 31.5 Å². The molecule has 0 spiro atoms. The first-order chi connectivity index (χ1) is 14.4. The zero-order valence-electron chi connectivity index (χ0n) is 15.6. The number of carbonyl (C=O) groups excluding carboxylic acids is 2. The fraction of sp³-hybridized carbons (Fsp3) is 0.100. The molecule has 2 aromatic heterocycles. The highest BCUT2D eigenvalue weighted by molar-refractivity contribution is 9.10. The van der Waals surface area contributed by atoms with Crippen LogP contribution < -0.4 is 21.0 Å². The van der Waals surface area contributed by atoms with E-state index >= 15 is 0 Å². The number of amides is 2. The van der Waals surface area contributed by atoms with Crippen molar-refractivity contribution >= 4 is 39.1 Å². The number of pyridine rings is 1. The van der Waals surface area contributed by atoms with Crippen molar-refractivity contribution in [1.82, 2.24) is 4.98 Å². The third-order valence-electron chi connectivity index (χ3n) is 3.76. The lowest BCUT2D eigenvalue weighted by Gasteiger charge is -2.12. The molecule has 8 nitrogen and oxygen atoms in total. The first-order valence-electron chi connectivity index (χ1n) is 8.68. The Kier molecular flexibility index (Phi) is 6.58. The van der Waals surface area contributed by atoms with Crippen molar-refractivity contribution in [1.29, 1.82) is 0 Å². The molecule has 154 valence electrons. The average molecular weight is 476 g/mol. The fourth-order valence-electron chi connectivity index (χ4n) is 2.43. The van der Waals surface area contributed by atoms with Gasteiger partial charge in [0.15, 0.2) is 5.76 Å². The van der Waals surface area contributed by atoms with Gasteiger partial charge in [0.25, 0.3) is 11.8 Å². The van der Waals surface area contributed by atoms with Gasteiger partial charge in [-0.2, -0.15) is 0 Å². The molecule has 0 radical (unpaired) electrons. The van der Waals surface area contributed by atoms with Gasteiger partial charge in [0.05, 0.1) is 18.0 Å². The van der Waals surface area contributed by atoms with Crippen molar-refractivity contribution in [2.75, 3.05) is 17.2 Å². The van der Waals surface area contributed by atoms with Gasteiger partial charge in [-0.05, 0) is 53.2 Å². The molecule has 2 amide bonds. The van der Waals surface area contributed by atoms with Gasteiger partial charge >= 0.3 is 5.63 Å². The Morgan fingerprint density at radius 3 is 2.60 bits per heavy atom. The van der Waals surface area contributed by atoms with Crippen LogP contribution >= 0.6 is 15.9 Å². The average Bonchev–Trinajstić information content (AvgIpc) is 2.73. The van der Waals surface area contributed by atoms with Crippen LogP contribution in [0.1, 0.15) is 28.0 Å². The molecule has 0 fully saturated rings. The Balaban J connectivity index is 1.88. The number of aromatic nitrogens is 1. The second-order valence-electron chi connectivity index (χ2n) is 5.82. The zero-order valence-corrected chi connectivity index (χ0v) is 17.2. The van der Waals surface area contributed by atoms with Crippen molar-refractivity contribution in [3.63, 3.8) is 0 Å². The van der Waals surface area contributed by atoms with E-state index < -0.39 is 23.3 Å². The molecule has 2 N–H and O–H groups in total. The summed E-state index contributed by atoms with van der Waals surface area (Å²) in [5, 5.41) is 4.98. The maximum absolute atomic E-state index is 13.8. The summed E-state index contributed by atoms with van der Waals surface area (Å²) in [4.78, 5) is 40.8. The number of anilines is 2. The van der Waals surface area contributed by atoms with Gasteiger partial charge < -0.3 is 19.8 Å². The SMILES string of the molecule is CCOc1cc(C(=O)Nc2cc(F)ccc2NC(=O)c2ccccn2)oc(=O)c1Br. The smallest absolute Gasteiger partial charge is 0.354 e. The molecule has 0 bridgehead atoms. The van der Waals surface area contributed by atoms with E-state index in [1.54, 1.807) is 19.1 Å². The van der Waals surface area contributed by atoms with E-state index in [-0.39, 0.29) is 39.7 Å². The fourth-order valence-corrected chi connectivity index (χ4v) is 2.74. The Labute approximate surface area is 178 Å². The number of carbonyl (C=O) groups is 2. The van der Waals surface area contributed by atoms with Crippen LogP contribution in [0.2, 0.25) is 0 Å². The van der Waals surface area contributed by atoms with Gasteiger partial charge in [-0.25, -0.2) is 9.18 Å². The topological polar surface area (TPSA) is 111 Å². The Morgan fingerprint density at radius 1 is 1.13 bits per heavy atom. The van der Waals surface area contributed by atoms with E-state index in [0.29, 0.717) is 0 Å². The lowest BCUT2D eigenvalue weighted by Crippen LogP contribution is -2.19. The molecule has 3 rings (SSSR count). The molecule has 0 atom stereocenters. The van der Waals surface area contributed by atoms with Crippen LogP contribution in [0.15, 0.2) is 62.3 Å². The van der Waals surface area contributed by atoms with Crippen LogP contribution in [0, 0.1) is 5.82 Å². The molecule has 0 saturated heterocycles. The molecule has 30 heavy (non-hydrogen) atoms. The normalized spacial score (nSPS) is 10.4. The van der Waals surface area contributed by atoms with Crippen molar-refractivity contribution in [2.45, 2.75) is 6.92 Å². The third kappa shape index (κ3) is 4.90. The summed E-state index contributed by atoms with van der Waals surface area (Å²) in [6, 6.07) is 9.46. The molecule has 0 unspecified atom stereocenters. The van der Waals surface area contributed by atoms with Gasteiger partial charge in [-0.15, -0.1) is 0 Å². The molecule has 0 aliphatic heterocycles. The summed E-state index contributed by atoms with van der Waals surface area (Å²) in [5.41, 5.74) is -0.578. The summed E-state index contributed by atoms with van der Waals surface area (Å²) in [5.74, 6) is -2.25. The molecule has 3 aromatic rings. The minimum absolute atomic E-state index is 0.0344. The predicted molar refractivity (Wildman–Crippen MR) is 110 cm³/mol. The first-order valence-corrected chi connectivity index (χ1v) is 9.48. The highest BCUT2D eigenvalue weighted by atomic mass is 79.9. The van der Waals surface area contributed by atoms with Crippen LogP contribution in [0.5, 0.6) is 5.75 Å². The van der Waals surface area contributed by atoms with Gasteiger partial charge in [0.2, 0.25) is 0 Å². The van der Waals surface area contributed by atoms with E-state index in [9.17, 15) is 18.8 Å². The van der Waals surface area contributed by atoms with Crippen molar-refractivity contribution in [3.8, 4) is 5.75 Å². The largest absolute Gasteiger partial charge is 0.492 e.